The molecule has 7 fully saturated rings. The number of amidine groups is 2. The van der Waals surface area contributed by atoms with Gasteiger partial charge in [0, 0.05) is 25.4 Å². The summed E-state index contributed by atoms with van der Waals surface area (Å²) in [5.74, 6) is 2.94. The molecule has 2 aromatic heterocycles. The Labute approximate surface area is 278 Å². The summed E-state index contributed by atoms with van der Waals surface area (Å²) < 4.78 is 3.36. The molecule has 0 aliphatic carbocycles. The minimum absolute atomic E-state index is 0.0411. The number of aliphatic imine (C=N–C) groups is 1. The molecule has 7 saturated heterocycles. The molecule has 8 aliphatic heterocycles. The minimum Gasteiger partial charge on any atom is -0.386 e. The Morgan fingerprint density at radius 3 is 1.98 bits per heavy atom. The summed E-state index contributed by atoms with van der Waals surface area (Å²) in [5, 5.41) is 4.71. The van der Waals surface area contributed by atoms with E-state index >= 15 is 0 Å². The zero-order valence-corrected chi connectivity index (χ0v) is 28.2. The second kappa shape index (κ2) is 12.2. The number of nitrogens with one attached hydrogen (secondary N) is 1. The number of benzene rings is 2. The molecule has 0 radical (unpaired) electrons. The number of thiazole rings is 2. The van der Waals surface area contributed by atoms with Crippen LogP contribution in [-0.2, 0) is 9.68 Å². The lowest BCUT2D eigenvalue weighted by Crippen LogP contribution is -2.59. The van der Waals surface area contributed by atoms with Crippen molar-refractivity contribution >= 4 is 75.8 Å². The molecular formula is C32H37BrN8O2S2. The van der Waals surface area contributed by atoms with E-state index in [4.69, 9.17) is 20.4 Å². The third kappa shape index (κ3) is 5.98. The number of halogens is 1. The predicted molar refractivity (Wildman–Crippen MR) is 184 cm³/mol. The van der Waals surface area contributed by atoms with Crippen LogP contribution < -0.4 is 11.2 Å². The van der Waals surface area contributed by atoms with E-state index in [0.717, 1.165) is 51.8 Å². The van der Waals surface area contributed by atoms with Crippen molar-refractivity contribution in [3.05, 3.63) is 52.4 Å². The highest BCUT2D eigenvalue weighted by Crippen LogP contribution is 2.44. The number of hydrogen-bond donors (Lipinski definition) is 2. The smallest absolute Gasteiger partial charge is 0.211 e. The summed E-state index contributed by atoms with van der Waals surface area (Å²) in [4.78, 5) is 30.1. The number of para-hydroxylation sites is 2. The zero-order valence-electron chi connectivity index (χ0n) is 25.0. The van der Waals surface area contributed by atoms with Gasteiger partial charge in [0.05, 0.1) is 26.9 Å². The molecule has 3 N–H and O–H groups in total. The van der Waals surface area contributed by atoms with Crippen LogP contribution in [0, 0.1) is 11.8 Å². The highest BCUT2D eigenvalue weighted by atomic mass is 79.9. The second-order valence-electron chi connectivity index (χ2n) is 12.9. The first-order valence-electron chi connectivity index (χ1n) is 15.8. The predicted octanol–water partition coefficient (Wildman–Crippen LogP) is 5.92. The summed E-state index contributed by atoms with van der Waals surface area (Å²) in [5.41, 5.74) is 10.7. The minimum atomic E-state index is -0.0635. The van der Waals surface area contributed by atoms with Crippen LogP contribution in [0.3, 0.4) is 0 Å². The van der Waals surface area contributed by atoms with Crippen molar-refractivity contribution in [1.82, 2.24) is 25.2 Å². The van der Waals surface area contributed by atoms with Gasteiger partial charge in [-0.15, -0.1) is 11.3 Å². The Morgan fingerprint density at radius 2 is 1.42 bits per heavy atom. The molecular weight excluding hydrogens is 672 g/mol. The fraction of sp³-hybridized carbons (Fsp3) is 0.500. The van der Waals surface area contributed by atoms with Crippen LogP contribution in [0.2, 0.25) is 0 Å². The molecule has 13 heteroatoms. The standard InChI is InChI=1S/C16H18N4OS.C9H15N3O.C7H4BrNS/c1-2-4-13-12(3-1)17-15(22-13)18-14-9-16(21-19-14)10-20-7-5-11(16)6-8-20;10-8-5-9(13-11-8)6-12-3-1-7(9)2-4-12;8-7-9-5-3-1-2-4-6(5)10-7/h1-4,11H,5-10H2,(H,17,18,19);7H,1-6H2,(H2,10,11);1-4H. The van der Waals surface area contributed by atoms with Crippen molar-refractivity contribution in [3.63, 3.8) is 0 Å². The average Bonchev–Trinajstić information content (AvgIpc) is 3.84. The van der Waals surface area contributed by atoms with E-state index in [0.29, 0.717) is 17.7 Å². The number of fused-ring (bicyclic) bond motifs is 6. The van der Waals surface area contributed by atoms with Crippen LogP contribution in [-0.4, -0.2) is 81.9 Å². The van der Waals surface area contributed by atoms with Gasteiger partial charge in [-0.1, -0.05) is 40.8 Å². The number of hydroxylamine groups is 1. The van der Waals surface area contributed by atoms with Gasteiger partial charge < -0.3 is 15.5 Å². The maximum absolute atomic E-state index is 6.03. The van der Waals surface area contributed by atoms with Gasteiger partial charge in [0.25, 0.3) is 0 Å². The van der Waals surface area contributed by atoms with E-state index in [1.165, 1.54) is 61.3 Å². The fourth-order valence-electron chi connectivity index (χ4n) is 7.84. The van der Waals surface area contributed by atoms with Crippen molar-refractivity contribution < 1.29 is 9.68 Å². The molecule has 45 heavy (non-hydrogen) atoms. The van der Waals surface area contributed by atoms with Crippen molar-refractivity contribution in [2.75, 3.05) is 39.3 Å². The van der Waals surface area contributed by atoms with Gasteiger partial charge in [0.15, 0.2) is 9.52 Å². The zero-order chi connectivity index (χ0) is 30.4. The topological polar surface area (TPSA) is 113 Å². The molecule has 2 spiro atoms. The van der Waals surface area contributed by atoms with E-state index in [-0.39, 0.29) is 11.2 Å². The van der Waals surface area contributed by atoms with Gasteiger partial charge in [-0.2, -0.15) is 0 Å². The highest BCUT2D eigenvalue weighted by molar-refractivity contribution is 9.11. The van der Waals surface area contributed by atoms with Gasteiger partial charge in [-0.05, 0) is 98.0 Å². The van der Waals surface area contributed by atoms with E-state index in [1.807, 2.05) is 36.4 Å². The molecule has 0 amide bonds. The van der Waals surface area contributed by atoms with E-state index in [2.05, 4.69) is 58.5 Å². The van der Waals surface area contributed by atoms with Gasteiger partial charge in [-0.25, -0.2) is 15.0 Å². The van der Waals surface area contributed by atoms with Gasteiger partial charge in [0.1, 0.15) is 17.3 Å². The third-order valence-electron chi connectivity index (χ3n) is 10.1. The molecule has 236 valence electrons. The normalized spacial score (nSPS) is 33.5. The Kier molecular flexibility index (Phi) is 8.03. The Morgan fingerprint density at radius 1 is 0.822 bits per heavy atom. The Hall–Kier alpha value is -2.68. The van der Waals surface area contributed by atoms with Crippen LogP contribution in [0.5, 0.6) is 0 Å². The van der Waals surface area contributed by atoms with Crippen molar-refractivity contribution in [2.45, 2.75) is 49.7 Å². The number of piperidine rings is 6. The molecule has 4 bridgehead atoms. The summed E-state index contributed by atoms with van der Waals surface area (Å²) in [6, 6.07) is 16.3. The SMILES string of the molecule is Brc1nc2ccccc2s1.NC1=NOC2(C1)CN1CCC2CC1.c1ccc2sc(N=C3CC4(CN5CCC4CC5)ON3)nc2c1. The summed E-state index contributed by atoms with van der Waals surface area (Å²) >= 11 is 6.62. The molecule has 8 aliphatic rings. The number of nitrogens with zero attached hydrogens (tertiary/aromatic N) is 6. The Balaban J connectivity index is 0.000000111. The summed E-state index contributed by atoms with van der Waals surface area (Å²) in [7, 11) is 0. The number of rotatable bonds is 1. The lowest BCUT2D eigenvalue weighted by atomic mass is 9.74. The largest absolute Gasteiger partial charge is 0.386 e. The molecule has 4 aromatic rings. The van der Waals surface area contributed by atoms with Crippen molar-refractivity contribution in [3.8, 4) is 0 Å². The summed E-state index contributed by atoms with van der Waals surface area (Å²) in [6.45, 7) is 6.97. The first-order chi connectivity index (χ1) is 22.0. The lowest BCUT2D eigenvalue weighted by molar-refractivity contribution is -0.150. The molecule has 12 rings (SSSR count). The molecule has 2 unspecified atom stereocenters. The van der Waals surface area contributed by atoms with Crippen LogP contribution in [0.15, 0.2) is 62.6 Å². The maximum atomic E-state index is 6.03. The molecule has 10 heterocycles. The average molecular weight is 710 g/mol. The molecule has 2 atom stereocenters. The fourth-order valence-corrected chi connectivity index (χ4v) is 10.1. The first kappa shape index (κ1) is 29.7. The van der Waals surface area contributed by atoms with Crippen LogP contribution in [0.4, 0.5) is 5.13 Å². The number of nitrogens with two attached hydrogens (primary N) is 1. The van der Waals surface area contributed by atoms with Crippen LogP contribution >= 0.6 is 38.6 Å². The first-order valence-corrected chi connectivity index (χ1v) is 18.2. The molecule has 2 aromatic carbocycles. The van der Waals surface area contributed by atoms with Crippen LogP contribution in [0.1, 0.15) is 38.5 Å². The van der Waals surface area contributed by atoms with Gasteiger partial charge in [-0.3, -0.25) is 15.2 Å². The number of aromatic nitrogens is 2. The van der Waals surface area contributed by atoms with E-state index in [9.17, 15) is 0 Å². The lowest BCUT2D eigenvalue weighted by Gasteiger charge is -2.49. The van der Waals surface area contributed by atoms with Gasteiger partial charge >= 0.3 is 0 Å². The highest BCUT2D eigenvalue weighted by Gasteiger charge is 2.53. The van der Waals surface area contributed by atoms with Crippen molar-refractivity contribution in [2.24, 2.45) is 27.7 Å². The van der Waals surface area contributed by atoms with Crippen molar-refractivity contribution in [1.29, 1.82) is 0 Å². The maximum Gasteiger partial charge on any atom is 0.211 e. The quantitative estimate of drug-likeness (QED) is 0.251. The Bertz CT molecular complexity index is 1680. The number of oxime groups is 1. The van der Waals surface area contributed by atoms with E-state index < -0.39 is 0 Å². The number of hydrogen-bond acceptors (Lipinski definition) is 11. The molecule has 10 nitrogen and oxygen atoms in total. The molecule has 0 saturated carbocycles. The van der Waals surface area contributed by atoms with Crippen LogP contribution in [0.25, 0.3) is 20.4 Å². The monoisotopic (exact) mass is 708 g/mol. The van der Waals surface area contributed by atoms with Gasteiger partial charge in [0.2, 0.25) is 5.13 Å². The van der Waals surface area contributed by atoms with E-state index in [1.54, 1.807) is 22.7 Å². The summed E-state index contributed by atoms with van der Waals surface area (Å²) in [6.07, 6.45) is 6.72. The third-order valence-corrected chi connectivity index (χ3v) is 12.5. The second-order valence-corrected chi connectivity index (χ2v) is 16.2.